The standard InChI is InChI=1S/C24H33ClN2O4S/c1-18-17-20(25)10-13-22(18)27(32(5,29)30)15-6-7-23(28)26-14-16-31-21-11-8-19(9-12-21)24(2,3)4/h8-13,17H,6-7,14-16H2,1-5H3,(H,26,28). The summed E-state index contributed by atoms with van der Waals surface area (Å²) in [5, 5.41) is 3.36. The van der Waals surface area contributed by atoms with Gasteiger partial charge in [0.05, 0.1) is 18.5 Å². The van der Waals surface area contributed by atoms with Gasteiger partial charge in [0.2, 0.25) is 15.9 Å². The molecular weight excluding hydrogens is 448 g/mol. The minimum absolute atomic E-state index is 0.0887. The Bertz CT molecular complexity index is 1020. The first kappa shape index (κ1) is 26.0. The average Bonchev–Trinajstić information content (AvgIpc) is 2.68. The number of benzene rings is 2. The van der Waals surface area contributed by atoms with Crippen molar-refractivity contribution < 1.29 is 17.9 Å². The van der Waals surface area contributed by atoms with E-state index in [2.05, 4.69) is 26.1 Å². The molecule has 0 aliphatic carbocycles. The van der Waals surface area contributed by atoms with E-state index in [0.717, 1.165) is 17.6 Å². The number of halogens is 1. The van der Waals surface area contributed by atoms with Crippen molar-refractivity contribution in [2.75, 3.05) is 30.3 Å². The van der Waals surface area contributed by atoms with Gasteiger partial charge in [-0.2, -0.15) is 0 Å². The summed E-state index contributed by atoms with van der Waals surface area (Å²) in [7, 11) is -3.48. The van der Waals surface area contributed by atoms with Gasteiger partial charge in [-0.1, -0.05) is 44.5 Å². The van der Waals surface area contributed by atoms with Crippen LogP contribution in [0.5, 0.6) is 5.75 Å². The number of anilines is 1. The molecule has 2 aromatic rings. The molecule has 0 saturated heterocycles. The Morgan fingerprint density at radius 3 is 2.34 bits per heavy atom. The molecule has 32 heavy (non-hydrogen) atoms. The number of nitrogens with zero attached hydrogens (tertiary/aromatic N) is 1. The van der Waals surface area contributed by atoms with E-state index in [4.69, 9.17) is 16.3 Å². The van der Waals surface area contributed by atoms with Crippen LogP contribution in [-0.4, -0.2) is 40.3 Å². The maximum atomic E-state index is 12.2. The largest absolute Gasteiger partial charge is 0.492 e. The summed E-state index contributed by atoms with van der Waals surface area (Å²) in [6, 6.07) is 13.0. The van der Waals surface area contributed by atoms with Crippen LogP contribution in [-0.2, 0) is 20.2 Å². The van der Waals surface area contributed by atoms with Gasteiger partial charge < -0.3 is 10.1 Å². The summed E-state index contributed by atoms with van der Waals surface area (Å²) in [4.78, 5) is 12.1. The van der Waals surface area contributed by atoms with E-state index in [-0.39, 0.29) is 24.3 Å². The SMILES string of the molecule is Cc1cc(Cl)ccc1N(CCCC(=O)NCCOc1ccc(C(C)(C)C)cc1)S(C)(=O)=O. The third kappa shape index (κ3) is 8.02. The van der Waals surface area contributed by atoms with Gasteiger partial charge in [-0.3, -0.25) is 9.10 Å². The van der Waals surface area contributed by atoms with Crippen molar-refractivity contribution in [2.45, 2.75) is 46.0 Å². The molecule has 0 unspecified atom stereocenters. The summed E-state index contributed by atoms with van der Waals surface area (Å²) < 4.78 is 31.5. The predicted octanol–water partition coefficient (Wildman–Crippen LogP) is 4.69. The minimum Gasteiger partial charge on any atom is -0.492 e. The van der Waals surface area contributed by atoms with Gasteiger partial charge in [-0.25, -0.2) is 8.42 Å². The maximum Gasteiger partial charge on any atom is 0.232 e. The van der Waals surface area contributed by atoms with Crippen molar-refractivity contribution in [3.05, 3.63) is 58.6 Å². The number of aryl methyl sites for hydroxylation is 1. The fourth-order valence-electron chi connectivity index (χ4n) is 3.25. The van der Waals surface area contributed by atoms with E-state index in [9.17, 15) is 13.2 Å². The third-order valence-electron chi connectivity index (χ3n) is 5.01. The Balaban J connectivity index is 1.77. The van der Waals surface area contributed by atoms with Crippen LogP contribution in [0.3, 0.4) is 0 Å². The number of carbonyl (C=O) groups is 1. The Hall–Kier alpha value is -2.25. The van der Waals surface area contributed by atoms with Crippen molar-refractivity contribution >= 4 is 33.2 Å². The first-order chi connectivity index (χ1) is 14.9. The smallest absolute Gasteiger partial charge is 0.232 e. The summed E-state index contributed by atoms with van der Waals surface area (Å²) in [6.45, 7) is 9.23. The lowest BCUT2D eigenvalue weighted by atomic mass is 9.87. The van der Waals surface area contributed by atoms with Gasteiger partial charge in [0.25, 0.3) is 0 Å². The minimum atomic E-state index is -3.48. The number of sulfonamides is 1. The Morgan fingerprint density at radius 1 is 1.12 bits per heavy atom. The maximum absolute atomic E-state index is 12.2. The number of nitrogens with one attached hydrogen (secondary N) is 1. The second-order valence-electron chi connectivity index (χ2n) is 8.84. The summed E-state index contributed by atoms with van der Waals surface area (Å²) >= 11 is 5.98. The number of ether oxygens (including phenoxy) is 1. The molecule has 176 valence electrons. The van der Waals surface area contributed by atoms with Gasteiger partial charge in [0.15, 0.2) is 0 Å². The van der Waals surface area contributed by atoms with Crippen molar-refractivity contribution in [3.8, 4) is 5.75 Å². The normalized spacial score (nSPS) is 11.8. The quantitative estimate of drug-likeness (QED) is 0.500. The first-order valence-corrected chi connectivity index (χ1v) is 12.8. The van der Waals surface area contributed by atoms with Crippen LogP contribution in [0.15, 0.2) is 42.5 Å². The summed E-state index contributed by atoms with van der Waals surface area (Å²) in [6.07, 6.45) is 1.78. The molecule has 0 aromatic heterocycles. The van der Waals surface area contributed by atoms with Crippen LogP contribution in [0.1, 0.15) is 44.7 Å². The molecule has 0 atom stereocenters. The monoisotopic (exact) mass is 480 g/mol. The van der Waals surface area contributed by atoms with Crippen LogP contribution in [0, 0.1) is 6.92 Å². The van der Waals surface area contributed by atoms with E-state index < -0.39 is 10.0 Å². The van der Waals surface area contributed by atoms with Crippen LogP contribution in [0.2, 0.25) is 5.02 Å². The van der Waals surface area contributed by atoms with E-state index in [1.807, 2.05) is 31.2 Å². The van der Waals surface area contributed by atoms with Crippen molar-refractivity contribution in [2.24, 2.45) is 0 Å². The van der Waals surface area contributed by atoms with Crippen LogP contribution in [0.4, 0.5) is 5.69 Å². The second kappa shape index (κ2) is 11.1. The molecule has 6 nitrogen and oxygen atoms in total. The van der Waals surface area contributed by atoms with Gasteiger partial charge in [0, 0.05) is 18.0 Å². The second-order valence-corrected chi connectivity index (χ2v) is 11.2. The van der Waals surface area contributed by atoms with Crippen LogP contribution in [0.25, 0.3) is 0 Å². The molecular formula is C24H33ClN2O4S. The van der Waals surface area contributed by atoms with Gasteiger partial charge >= 0.3 is 0 Å². The fraction of sp³-hybridized carbons (Fsp3) is 0.458. The molecule has 0 bridgehead atoms. The number of hydrogen-bond acceptors (Lipinski definition) is 4. The van der Waals surface area contributed by atoms with Crippen LogP contribution < -0.4 is 14.4 Å². The molecule has 0 aliphatic rings. The highest BCUT2D eigenvalue weighted by Gasteiger charge is 2.19. The Morgan fingerprint density at radius 2 is 1.78 bits per heavy atom. The molecule has 1 N–H and O–H groups in total. The fourth-order valence-corrected chi connectivity index (χ4v) is 4.50. The molecule has 0 heterocycles. The molecule has 0 aliphatic heterocycles. The molecule has 0 fully saturated rings. The predicted molar refractivity (Wildman–Crippen MR) is 131 cm³/mol. The molecule has 2 aromatic carbocycles. The molecule has 0 radical (unpaired) electrons. The van der Waals surface area contributed by atoms with Crippen molar-refractivity contribution in [1.29, 1.82) is 0 Å². The van der Waals surface area contributed by atoms with Crippen molar-refractivity contribution in [1.82, 2.24) is 5.32 Å². The van der Waals surface area contributed by atoms with Gasteiger partial charge in [-0.15, -0.1) is 0 Å². The van der Waals surface area contributed by atoms with E-state index in [0.29, 0.717) is 30.3 Å². The highest BCUT2D eigenvalue weighted by Crippen LogP contribution is 2.26. The zero-order valence-electron chi connectivity index (χ0n) is 19.4. The molecule has 0 spiro atoms. The van der Waals surface area contributed by atoms with Crippen LogP contribution >= 0.6 is 11.6 Å². The number of hydrogen-bond donors (Lipinski definition) is 1. The van der Waals surface area contributed by atoms with E-state index in [1.54, 1.807) is 18.2 Å². The Labute approximate surface area is 197 Å². The summed E-state index contributed by atoms with van der Waals surface area (Å²) in [5.74, 6) is 0.618. The topological polar surface area (TPSA) is 75.7 Å². The van der Waals surface area contributed by atoms with Crippen molar-refractivity contribution in [3.63, 3.8) is 0 Å². The lowest BCUT2D eigenvalue weighted by Crippen LogP contribution is -2.33. The Kier molecular flexibility index (Phi) is 8.98. The lowest BCUT2D eigenvalue weighted by Gasteiger charge is -2.24. The zero-order chi connectivity index (χ0) is 23.9. The average molecular weight is 481 g/mol. The molecule has 8 heteroatoms. The van der Waals surface area contributed by atoms with Gasteiger partial charge in [-0.05, 0) is 60.2 Å². The number of carbonyl (C=O) groups excluding carboxylic acids is 1. The number of rotatable bonds is 10. The molecule has 1 amide bonds. The van der Waals surface area contributed by atoms with Gasteiger partial charge in [0.1, 0.15) is 12.4 Å². The molecule has 2 rings (SSSR count). The third-order valence-corrected chi connectivity index (χ3v) is 6.42. The zero-order valence-corrected chi connectivity index (χ0v) is 21.0. The van der Waals surface area contributed by atoms with E-state index >= 15 is 0 Å². The highest BCUT2D eigenvalue weighted by atomic mass is 35.5. The van der Waals surface area contributed by atoms with E-state index in [1.165, 1.54) is 9.87 Å². The molecule has 0 saturated carbocycles. The first-order valence-electron chi connectivity index (χ1n) is 10.6. The number of amides is 1. The lowest BCUT2D eigenvalue weighted by molar-refractivity contribution is -0.121. The summed E-state index contributed by atoms with van der Waals surface area (Å²) in [5.41, 5.74) is 2.66. The highest BCUT2D eigenvalue weighted by molar-refractivity contribution is 7.92.